The highest BCUT2D eigenvalue weighted by molar-refractivity contribution is 7.80. The molecule has 0 bridgehead atoms. The predicted octanol–water partition coefficient (Wildman–Crippen LogP) is -1.07. The molecule has 18 nitrogen and oxygen atoms in total. The van der Waals surface area contributed by atoms with Gasteiger partial charge in [-0.05, 0) is 55.9 Å². The van der Waals surface area contributed by atoms with Crippen molar-refractivity contribution in [1.82, 2.24) is 15.5 Å². The molecule has 6 unspecified atom stereocenters. The first kappa shape index (κ1) is 43.6. The quantitative estimate of drug-likeness (QED) is 0.0306. The lowest BCUT2D eigenvalue weighted by atomic mass is 9.84. The third-order valence-corrected chi connectivity index (χ3v) is 10.8. The highest BCUT2D eigenvalue weighted by Gasteiger charge is 2.52. The first-order valence-corrected chi connectivity index (χ1v) is 19.9. The molecule has 1 aromatic carbocycles. The van der Waals surface area contributed by atoms with Crippen LogP contribution >= 0.6 is 11.6 Å². The van der Waals surface area contributed by atoms with Gasteiger partial charge in [0, 0.05) is 30.9 Å². The van der Waals surface area contributed by atoms with Gasteiger partial charge in [0.15, 0.2) is 18.4 Å². The van der Waals surface area contributed by atoms with E-state index in [1.165, 1.54) is 4.90 Å². The van der Waals surface area contributed by atoms with Crippen LogP contribution in [0.5, 0.6) is 0 Å². The van der Waals surface area contributed by atoms with E-state index in [1.54, 1.807) is 44.2 Å². The first-order valence-electron chi connectivity index (χ1n) is 18.1. The number of aliphatic imine (C=N–C) groups is 1. The molecule has 54 heavy (non-hydrogen) atoms. The maximum atomic E-state index is 15.1. The molecule has 0 radical (unpaired) electrons. The summed E-state index contributed by atoms with van der Waals surface area (Å²) in [5.74, 6) is -3.08. The number of alkyl halides is 1. The van der Waals surface area contributed by atoms with E-state index in [9.17, 15) is 37.9 Å². The summed E-state index contributed by atoms with van der Waals surface area (Å²) < 4.78 is 49.9. The van der Waals surface area contributed by atoms with Crippen LogP contribution in [0, 0.1) is 11.8 Å². The van der Waals surface area contributed by atoms with Crippen LogP contribution in [0.15, 0.2) is 35.3 Å². The van der Waals surface area contributed by atoms with Gasteiger partial charge < -0.3 is 51.8 Å². The molecule has 0 aromatic heterocycles. The number of hydrogen-bond acceptors (Lipinski definition) is 12. The average Bonchev–Trinajstić information content (AvgIpc) is 3.48. The summed E-state index contributed by atoms with van der Waals surface area (Å²) in [5, 5.41) is 36.3. The van der Waals surface area contributed by atoms with Gasteiger partial charge in [0.1, 0.15) is 30.4 Å². The number of carbonyl (C=O) groups is 3. The predicted molar refractivity (Wildman–Crippen MR) is 195 cm³/mol. The topological polar surface area (TPSA) is 286 Å². The summed E-state index contributed by atoms with van der Waals surface area (Å²) in [7, 11) is -5.18. The summed E-state index contributed by atoms with van der Waals surface area (Å²) in [6, 6.07) is 5.07. The molecule has 20 heteroatoms. The number of aliphatic hydroxyl groups is 3. The first-order chi connectivity index (χ1) is 25.5. The Hall–Kier alpha value is -3.14. The van der Waals surface area contributed by atoms with Crippen molar-refractivity contribution in [2.24, 2.45) is 28.3 Å². The lowest BCUT2D eigenvalue weighted by molar-refractivity contribution is -0.288. The van der Waals surface area contributed by atoms with E-state index in [1.807, 2.05) is 0 Å². The standard InChI is InChI=1S/C34H53ClN6O12S/c1-18(2)29(52-33-28(44)27(43)24(42)17-51-33)26(40-31(46)25(53-54(48,49)50)14-19-8-4-3-5-9-19)32(47)41-22-16-21(35)11-10-20(22)15-23(41)30(45)38-12-6-7-13-39-34(36)37/h3-5,8-9,18,20-29,33,42-44H,6-7,10-17H2,1-2H3,(H,38,45)(H,40,46)(H4,36,37,39)(H,48,49,50)/t20?,21?,22?,23?,24-,25?,26+,27+,28-,29-,33?/m1/s1. The minimum atomic E-state index is -5.18. The van der Waals surface area contributed by atoms with Crippen molar-refractivity contribution in [3.05, 3.63) is 35.9 Å². The lowest BCUT2D eigenvalue weighted by Crippen LogP contribution is -2.64. The van der Waals surface area contributed by atoms with Gasteiger partial charge in [-0.1, -0.05) is 44.2 Å². The molecule has 304 valence electrons. The molecule has 1 saturated carbocycles. The number of hydrogen-bond donors (Lipinski definition) is 8. The Morgan fingerprint density at radius 2 is 1.78 bits per heavy atom. The fourth-order valence-electron chi connectivity index (χ4n) is 7.24. The fraction of sp³-hybridized carbons (Fsp3) is 0.706. The normalized spacial score (nSPS) is 28.8. The van der Waals surface area contributed by atoms with Gasteiger partial charge in [0.05, 0.1) is 12.7 Å². The van der Waals surface area contributed by atoms with Crippen molar-refractivity contribution in [3.8, 4) is 0 Å². The molecule has 2 saturated heterocycles. The summed E-state index contributed by atoms with van der Waals surface area (Å²) >= 11 is 6.62. The third kappa shape index (κ3) is 11.9. The summed E-state index contributed by atoms with van der Waals surface area (Å²) in [4.78, 5) is 48.3. The minimum Gasteiger partial charge on any atom is -0.388 e. The van der Waals surface area contributed by atoms with Crippen LogP contribution in [0.25, 0.3) is 0 Å². The van der Waals surface area contributed by atoms with Crippen LogP contribution < -0.4 is 22.1 Å². The number of guanidine groups is 1. The number of halogens is 1. The van der Waals surface area contributed by atoms with Crippen molar-refractivity contribution < 1.29 is 56.3 Å². The highest BCUT2D eigenvalue weighted by atomic mass is 35.5. The van der Waals surface area contributed by atoms with E-state index in [0.29, 0.717) is 50.6 Å². The summed E-state index contributed by atoms with van der Waals surface area (Å²) in [6.45, 7) is 3.53. The van der Waals surface area contributed by atoms with Gasteiger partial charge >= 0.3 is 10.4 Å². The molecule has 4 rings (SSSR count). The number of benzene rings is 1. The molecule has 3 aliphatic rings. The van der Waals surface area contributed by atoms with Gasteiger partial charge in [-0.15, -0.1) is 11.6 Å². The number of aliphatic hydroxyl groups excluding tert-OH is 3. The van der Waals surface area contributed by atoms with E-state index in [2.05, 4.69) is 15.6 Å². The second kappa shape index (κ2) is 19.6. The summed E-state index contributed by atoms with van der Waals surface area (Å²) in [6.07, 6.45) is -6.83. The Labute approximate surface area is 319 Å². The largest absolute Gasteiger partial charge is 0.398 e. The van der Waals surface area contributed by atoms with Crippen molar-refractivity contribution in [2.45, 2.75) is 119 Å². The fourth-order valence-corrected chi connectivity index (χ4v) is 8.00. The molecular formula is C34H53ClN6O12S. The molecule has 2 aliphatic heterocycles. The van der Waals surface area contributed by atoms with E-state index in [-0.39, 0.29) is 30.2 Å². The van der Waals surface area contributed by atoms with E-state index < -0.39 is 95.6 Å². The number of unbranched alkanes of at least 4 members (excludes halogenated alkanes) is 1. The molecule has 2 heterocycles. The van der Waals surface area contributed by atoms with Crippen LogP contribution in [0.4, 0.5) is 0 Å². The zero-order valence-corrected chi connectivity index (χ0v) is 31.8. The van der Waals surface area contributed by atoms with Gasteiger partial charge in [-0.3, -0.25) is 23.9 Å². The van der Waals surface area contributed by atoms with Gasteiger partial charge in [0.25, 0.3) is 5.91 Å². The average molecular weight is 805 g/mol. The molecule has 1 aromatic rings. The number of fused-ring (bicyclic) bond motifs is 1. The highest BCUT2D eigenvalue weighted by Crippen LogP contribution is 2.42. The second-order valence-corrected chi connectivity index (χ2v) is 16.0. The molecule has 0 spiro atoms. The van der Waals surface area contributed by atoms with E-state index >= 15 is 4.79 Å². The van der Waals surface area contributed by atoms with Crippen LogP contribution in [-0.2, 0) is 44.9 Å². The number of carbonyl (C=O) groups excluding carboxylic acids is 3. The smallest absolute Gasteiger partial charge is 0.388 e. The Morgan fingerprint density at radius 1 is 1.07 bits per heavy atom. The number of nitrogens with one attached hydrogen (secondary N) is 2. The van der Waals surface area contributed by atoms with Crippen molar-refractivity contribution in [2.75, 3.05) is 19.7 Å². The zero-order chi connectivity index (χ0) is 39.7. The van der Waals surface area contributed by atoms with Crippen LogP contribution in [0.1, 0.15) is 57.9 Å². The monoisotopic (exact) mass is 804 g/mol. The minimum absolute atomic E-state index is 0.0427. The Bertz CT molecular complexity index is 1550. The van der Waals surface area contributed by atoms with E-state index in [0.717, 1.165) is 0 Å². The Kier molecular flexibility index (Phi) is 15.8. The molecule has 1 aliphatic carbocycles. The maximum absolute atomic E-state index is 15.1. The molecule has 3 fully saturated rings. The third-order valence-electron chi connectivity index (χ3n) is 9.94. The van der Waals surface area contributed by atoms with Gasteiger partial charge in [-0.2, -0.15) is 8.42 Å². The number of nitrogens with zero attached hydrogens (tertiary/aromatic N) is 2. The Morgan fingerprint density at radius 3 is 2.43 bits per heavy atom. The Balaban J connectivity index is 1.70. The molecule has 11 atom stereocenters. The molecule has 10 N–H and O–H groups in total. The maximum Gasteiger partial charge on any atom is 0.398 e. The van der Waals surface area contributed by atoms with Crippen molar-refractivity contribution in [3.63, 3.8) is 0 Å². The number of likely N-dealkylation sites (tertiary alicyclic amines) is 1. The van der Waals surface area contributed by atoms with Crippen LogP contribution in [0.2, 0.25) is 0 Å². The van der Waals surface area contributed by atoms with E-state index in [4.69, 9.17) is 36.7 Å². The van der Waals surface area contributed by atoms with Crippen LogP contribution in [0.3, 0.4) is 0 Å². The van der Waals surface area contributed by atoms with Crippen molar-refractivity contribution >= 4 is 45.7 Å². The second-order valence-electron chi connectivity index (χ2n) is 14.3. The van der Waals surface area contributed by atoms with Crippen LogP contribution in [-0.4, -0.2) is 137 Å². The number of ether oxygens (including phenoxy) is 2. The SMILES string of the molecule is CC(C)[C@@H](OC1OC[C@@H](O)[C@H](O)[C@H]1O)[C@H](NC(=O)C(Cc1ccccc1)OS(=O)(=O)O)C(=O)N1C(C(=O)NCCCCN=C(N)N)CC2CCC(Cl)CC21. The van der Waals surface area contributed by atoms with Gasteiger partial charge in [0.2, 0.25) is 11.8 Å². The summed E-state index contributed by atoms with van der Waals surface area (Å²) in [5.41, 5.74) is 11.2. The number of rotatable bonds is 17. The van der Waals surface area contributed by atoms with Crippen molar-refractivity contribution in [1.29, 1.82) is 0 Å². The number of nitrogens with two attached hydrogens (primary N) is 2. The van der Waals surface area contributed by atoms with Gasteiger partial charge in [-0.25, -0.2) is 4.18 Å². The lowest BCUT2D eigenvalue weighted by Gasteiger charge is -2.42. The number of amides is 3. The zero-order valence-electron chi connectivity index (χ0n) is 30.3. The molecule has 3 amide bonds. The molecular weight excluding hydrogens is 752 g/mol.